The van der Waals surface area contributed by atoms with Crippen LogP contribution in [0.2, 0.25) is 0 Å². The van der Waals surface area contributed by atoms with Crippen LogP contribution in [0.1, 0.15) is 10.4 Å². The molecule has 17 heavy (non-hydrogen) atoms. The first-order valence-corrected chi connectivity index (χ1v) is 4.98. The second-order valence-corrected chi connectivity index (χ2v) is 3.50. The molecule has 2 rings (SSSR count). The second-order valence-electron chi connectivity index (χ2n) is 3.50. The minimum absolute atomic E-state index is 0.160. The highest BCUT2D eigenvalue weighted by atomic mass is 16.5. The third kappa shape index (κ3) is 2.01. The fraction of sp³-hybridized carbons (Fsp3) is 0.273. The van der Waals surface area contributed by atoms with Gasteiger partial charge < -0.3 is 19.9 Å². The number of para-hydroxylation sites is 1. The number of carboxylic acid groups (broad SMARTS) is 1. The van der Waals surface area contributed by atoms with E-state index in [0.29, 0.717) is 5.69 Å². The van der Waals surface area contributed by atoms with Gasteiger partial charge in [0, 0.05) is 0 Å². The molecule has 1 aliphatic heterocycles. The predicted molar refractivity (Wildman–Crippen MR) is 58.3 cm³/mol. The summed E-state index contributed by atoms with van der Waals surface area (Å²) >= 11 is 0. The molecule has 1 aromatic carbocycles. The summed E-state index contributed by atoms with van der Waals surface area (Å²) in [4.78, 5) is 22.3. The number of carboxylic acids is 1. The van der Waals surface area contributed by atoms with Crippen molar-refractivity contribution in [1.82, 2.24) is 0 Å². The average Bonchev–Trinajstić information content (AvgIpc) is 2.36. The first-order chi connectivity index (χ1) is 8.13. The van der Waals surface area contributed by atoms with Crippen LogP contribution in [0.25, 0.3) is 0 Å². The highest BCUT2D eigenvalue weighted by Crippen LogP contribution is 2.33. The first-order valence-electron chi connectivity index (χ1n) is 4.98. The molecule has 0 saturated heterocycles. The van der Waals surface area contributed by atoms with E-state index >= 15 is 0 Å². The molecule has 1 atom stereocenters. The highest BCUT2D eigenvalue weighted by molar-refractivity contribution is 5.95. The van der Waals surface area contributed by atoms with Gasteiger partial charge in [-0.05, 0) is 12.1 Å². The van der Waals surface area contributed by atoms with E-state index in [9.17, 15) is 9.59 Å². The van der Waals surface area contributed by atoms with Gasteiger partial charge in [-0.25, -0.2) is 9.59 Å². The number of hydrogen-bond acceptors (Lipinski definition) is 5. The van der Waals surface area contributed by atoms with Crippen molar-refractivity contribution < 1.29 is 24.2 Å². The lowest BCUT2D eigenvalue weighted by Gasteiger charge is -2.25. The molecule has 0 aliphatic carbocycles. The smallest absolute Gasteiger partial charge is 0.346 e. The third-order valence-electron chi connectivity index (χ3n) is 2.43. The van der Waals surface area contributed by atoms with Crippen molar-refractivity contribution in [2.75, 3.05) is 19.0 Å². The Morgan fingerprint density at radius 3 is 2.94 bits per heavy atom. The van der Waals surface area contributed by atoms with Gasteiger partial charge in [0.1, 0.15) is 5.56 Å². The van der Waals surface area contributed by atoms with Crippen LogP contribution >= 0.6 is 0 Å². The number of ether oxygens (including phenoxy) is 2. The van der Waals surface area contributed by atoms with Gasteiger partial charge in [-0.15, -0.1) is 0 Å². The van der Waals surface area contributed by atoms with Crippen LogP contribution in [-0.4, -0.2) is 36.8 Å². The summed E-state index contributed by atoms with van der Waals surface area (Å²) in [5, 5.41) is 11.8. The monoisotopic (exact) mass is 237 g/mol. The Morgan fingerprint density at radius 1 is 1.53 bits per heavy atom. The summed E-state index contributed by atoms with van der Waals surface area (Å²) in [7, 11) is 1.26. The molecule has 1 unspecified atom stereocenters. The van der Waals surface area contributed by atoms with Crippen LogP contribution in [0.3, 0.4) is 0 Å². The number of aliphatic carboxylic acids is 1. The fourth-order valence-electron chi connectivity index (χ4n) is 1.60. The zero-order valence-electron chi connectivity index (χ0n) is 9.10. The number of benzene rings is 1. The zero-order chi connectivity index (χ0) is 12.4. The van der Waals surface area contributed by atoms with Crippen LogP contribution in [-0.2, 0) is 9.53 Å². The number of rotatable bonds is 2. The Kier molecular flexibility index (Phi) is 2.86. The summed E-state index contributed by atoms with van der Waals surface area (Å²) in [6.45, 7) is 0.160. The van der Waals surface area contributed by atoms with Crippen molar-refractivity contribution >= 4 is 17.6 Å². The van der Waals surface area contributed by atoms with Gasteiger partial charge in [-0.2, -0.15) is 0 Å². The minimum atomic E-state index is -1.08. The molecular formula is C11H11NO5. The van der Waals surface area contributed by atoms with E-state index in [-0.39, 0.29) is 17.9 Å². The molecule has 6 heteroatoms. The lowest BCUT2D eigenvalue weighted by molar-refractivity contribution is -0.144. The number of carbonyl (C=O) groups is 2. The van der Waals surface area contributed by atoms with Crippen molar-refractivity contribution in [3.8, 4) is 5.75 Å². The van der Waals surface area contributed by atoms with Gasteiger partial charge >= 0.3 is 11.9 Å². The molecule has 2 N–H and O–H groups in total. The maximum Gasteiger partial charge on any atom is 0.346 e. The van der Waals surface area contributed by atoms with Crippen LogP contribution in [0, 0.1) is 0 Å². The summed E-state index contributed by atoms with van der Waals surface area (Å²) in [5.41, 5.74) is 0.800. The second kappa shape index (κ2) is 4.32. The molecular weight excluding hydrogens is 226 g/mol. The maximum atomic E-state index is 11.5. The summed E-state index contributed by atoms with van der Waals surface area (Å²) in [5.74, 6) is -1.42. The number of carbonyl (C=O) groups excluding carboxylic acids is 1. The molecule has 0 radical (unpaired) electrons. The molecule has 0 spiro atoms. The van der Waals surface area contributed by atoms with E-state index < -0.39 is 18.0 Å². The molecule has 1 aromatic rings. The fourth-order valence-corrected chi connectivity index (χ4v) is 1.60. The lowest BCUT2D eigenvalue weighted by atomic mass is 10.1. The predicted octanol–water partition coefficient (Wildman–Crippen LogP) is 0.731. The molecule has 1 heterocycles. The topological polar surface area (TPSA) is 84.9 Å². The van der Waals surface area contributed by atoms with Crippen LogP contribution in [0.4, 0.5) is 5.69 Å². The highest BCUT2D eigenvalue weighted by Gasteiger charge is 2.28. The van der Waals surface area contributed by atoms with E-state index in [2.05, 4.69) is 10.1 Å². The standard InChI is InChI=1S/C11H11NO5/c1-16-11(15)6-3-2-4-7-9(6)17-8(5-12-7)10(13)14/h2-4,8,12H,5H2,1H3,(H,13,14). The van der Waals surface area contributed by atoms with E-state index in [1.54, 1.807) is 12.1 Å². The van der Waals surface area contributed by atoms with Crippen molar-refractivity contribution in [2.24, 2.45) is 0 Å². The lowest BCUT2D eigenvalue weighted by Crippen LogP contribution is -2.38. The number of esters is 1. The maximum absolute atomic E-state index is 11.5. The number of fused-ring (bicyclic) bond motifs is 1. The Balaban J connectivity index is 2.39. The van der Waals surface area contributed by atoms with Crippen LogP contribution in [0.5, 0.6) is 5.75 Å². The summed E-state index contributed by atoms with van der Waals surface area (Å²) < 4.78 is 9.89. The third-order valence-corrected chi connectivity index (χ3v) is 2.43. The largest absolute Gasteiger partial charge is 0.478 e. The van der Waals surface area contributed by atoms with Gasteiger partial charge in [0.25, 0.3) is 0 Å². The first kappa shape index (κ1) is 11.3. The van der Waals surface area contributed by atoms with Crippen LogP contribution < -0.4 is 10.1 Å². The van der Waals surface area contributed by atoms with Crippen molar-refractivity contribution in [2.45, 2.75) is 6.10 Å². The Bertz CT molecular complexity index is 471. The molecule has 0 fully saturated rings. The van der Waals surface area contributed by atoms with Gasteiger partial charge in [0.2, 0.25) is 6.10 Å². The van der Waals surface area contributed by atoms with E-state index in [1.165, 1.54) is 13.2 Å². The number of hydrogen-bond donors (Lipinski definition) is 2. The molecule has 0 bridgehead atoms. The van der Waals surface area contributed by atoms with Gasteiger partial charge in [-0.3, -0.25) is 0 Å². The number of anilines is 1. The van der Waals surface area contributed by atoms with Crippen molar-refractivity contribution in [1.29, 1.82) is 0 Å². The molecule has 0 aromatic heterocycles. The molecule has 0 saturated carbocycles. The minimum Gasteiger partial charge on any atom is -0.478 e. The summed E-state index contributed by atoms with van der Waals surface area (Å²) in [6.07, 6.45) is -1.01. The average molecular weight is 237 g/mol. The SMILES string of the molecule is COC(=O)c1cccc2c1OC(C(=O)O)CN2. The Labute approximate surface area is 97.1 Å². The van der Waals surface area contributed by atoms with Crippen molar-refractivity contribution in [3.63, 3.8) is 0 Å². The Morgan fingerprint density at radius 2 is 2.29 bits per heavy atom. The number of methoxy groups -OCH3 is 1. The van der Waals surface area contributed by atoms with Gasteiger partial charge in [0.15, 0.2) is 5.75 Å². The number of nitrogens with one attached hydrogen (secondary N) is 1. The van der Waals surface area contributed by atoms with Crippen LogP contribution in [0.15, 0.2) is 18.2 Å². The molecule has 1 aliphatic rings. The Hall–Kier alpha value is -2.24. The molecule has 0 amide bonds. The summed E-state index contributed by atoms with van der Waals surface area (Å²) in [6, 6.07) is 4.90. The normalized spacial score (nSPS) is 17.4. The van der Waals surface area contributed by atoms with Gasteiger partial charge in [0.05, 0.1) is 19.3 Å². The van der Waals surface area contributed by atoms with Crippen molar-refractivity contribution in [3.05, 3.63) is 23.8 Å². The zero-order valence-corrected chi connectivity index (χ0v) is 9.10. The molecule has 90 valence electrons. The van der Waals surface area contributed by atoms with E-state index in [1.807, 2.05) is 0 Å². The van der Waals surface area contributed by atoms with E-state index in [0.717, 1.165) is 0 Å². The quantitative estimate of drug-likeness (QED) is 0.737. The van der Waals surface area contributed by atoms with Gasteiger partial charge in [-0.1, -0.05) is 6.07 Å². The van der Waals surface area contributed by atoms with E-state index in [4.69, 9.17) is 9.84 Å². The molecule has 6 nitrogen and oxygen atoms in total.